The molecule has 2 unspecified atom stereocenters. The third-order valence-corrected chi connectivity index (χ3v) is 8.87. The van der Waals surface area contributed by atoms with E-state index in [2.05, 4.69) is 60.2 Å². The molecule has 4 aromatic rings. The highest BCUT2D eigenvalue weighted by Crippen LogP contribution is 2.20. The van der Waals surface area contributed by atoms with Crippen LogP contribution < -0.4 is 27.0 Å². The van der Waals surface area contributed by atoms with Crippen molar-refractivity contribution in [1.29, 1.82) is 0 Å². The molecule has 4 amide bonds. The number of hydrogen-bond donors (Lipinski definition) is 6. The normalized spacial score (nSPS) is 14.1. The number of aromatic amines is 2. The molecule has 0 aliphatic carbocycles. The van der Waals surface area contributed by atoms with Crippen LogP contribution in [0.25, 0.3) is 11.0 Å². The molecular formula is C39H47N9O8. The number of benzene rings is 3. The van der Waals surface area contributed by atoms with E-state index >= 15 is 0 Å². The average Bonchev–Trinajstić information content (AvgIpc) is 3.94. The van der Waals surface area contributed by atoms with Crippen molar-refractivity contribution in [1.82, 2.24) is 25.5 Å². The van der Waals surface area contributed by atoms with E-state index in [-0.39, 0.29) is 53.2 Å². The third kappa shape index (κ3) is 12.2. The largest absolute Gasteiger partial charge is 0.377 e. The summed E-state index contributed by atoms with van der Waals surface area (Å²) in [6.07, 6.45) is 1.81. The molecule has 1 fully saturated rings. The lowest BCUT2D eigenvalue weighted by Crippen LogP contribution is -2.31. The molecule has 0 radical (unpaired) electrons. The van der Waals surface area contributed by atoms with E-state index in [4.69, 9.17) is 9.47 Å². The van der Waals surface area contributed by atoms with Crippen LogP contribution >= 0.6 is 0 Å². The topological polar surface area (TPSA) is 232 Å². The maximum Gasteiger partial charge on any atom is 0.323 e. The number of aromatic nitrogens is 2. The number of carbonyl (C=O) groups is 5. The second-order valence-electron chi connectivity index (χ2n) is 13.1. The number of rotatable bonds is 21. The van der Waals surface area contributed by atoms with E-state index in [1.807, 2.05) is 0 Å². The van der Waals surface area contributed by atoms with E-state index in [9.17, 15) is 28.8 Å². The highest BCUT2D eigenvalue weighted by molar-refractivity contribution is 6.10. The Morgan fingerprint density at radius 2 is 1.50 bits per heavy atom. The number of nitrogens with one attached hydrogen (secondary N) is 6. The van der Waals surface area contributed by atoms with Crippen LogP contribution in [0.2, 0.25) is 0 Å². The number of H-pyrrole nitrogens is 2. The number of unbranched alkanes of at least 4 members (excludes halogenated alkanes) is 1. The number of amides is 4. The fourth-order valence-electron chi connectivity index (χ4n) is 5.63. The molecule has 5 rings (SSSR count). The van der Waals surface area contributed by atoms with Gasteiger partial charge in [-0.05, 0) is 100 Å². The number of azo groups is 1. The van der Waals surface area contributed by atoms with Gasteiger partial charge in [-0.2, -0.15) is 10.2 Å². The van der Waals surface area contributed by atoms with Crippen molar-refractivity contribution in [2.75, 3.05) is 63.2 Å². The summed E-state index contributed by atoms with van der Waals surface area (Å²) in [5.74, 6) is -2.60. The highest BCUT2D eigenvalue weighted by atomic mass is 16.6. The Kier molecular flexibility index (Phi) is 14.7. The van der Waals surface area contributed by atoms with Gasteiger partial charge in [0.1, 0.15) is 6.10 Å². The van der Waals surface area contributed by atoms with Gasteiger partial charge in [-0.1, -0.05) is 13.8 Å². The molecular weight excluding hydrogens is 722 g/mol. The van der Waals surface area contributed by atoms with Crippen molar-refractivity contribution in [3.8, 4) is 0 Å². The van der Waals surface area contributed by atoms with Crippen LogP contribution in [0.15, 0.2) is 75.7 Å². The Bertz CT molecular complexity index is 2100. The summed E-state index contributed by atoms with van der Waals surface area (Å²) in [6, 6.07) is 13.7. The zero-order valence-electron chi connectivity index (χ0n) is 31.6. The quantitative estimate of drug-likeness (QED) is 0.0313. The first-order chi connectivity index (χ1) is 27.0. The molecule has 1 aromatic heterocycles. The van der Waals surface area contributed by atoms with Gasteiger partial charge < -0.3 is 45.6 Å². The Labute approximate surface area is 323 Å². The van der Waals surface area contributed by atoms with Crippen molar-refractivity contribution in [2.24, 2.45) is 10.2 Å². The Balaban J connectivity index is 1.22. The molecule has 3 aromatic carbocycles. The van der Waals surface area contributed by atoms with E-state index < -0.39 is 35.2 Å². The minimum atomic E-state index is -1.45. The van der Waals surface area contributed by atoms with Gasteiger partial charge >= 0.3 is 5.69 Å². The summed E-state index contributed by atoms with van der Waals surface area (Å²) in [6.45, 7) is 10.4. The molecule has 296 valence electrons. The molecule has 1 aliphatic rings. The first-order valence-electron chi connectivity index (χ1n) is 18.5. The van der Waals surface area contributed by atoms with E-state index in [1.54, 1.807) is 18.2 Å². The number of epoxide rings is 1. The molecule has 1 saturated heterocycles. The lowest BCUT2D eigenvalue weighted by atomic mass is 10.1. The molecule has 0 saturated carbocycles. The van der Waals surface area contributed by atoms with Crippen LogP contribution in [-0.2, 0) is 19.1 Å². The van der Waals surface area contributed by atoms with Crippen molar-refractivity contribution >= 4 is 57.5 Å². The maximum atomic E-state index is 13.3. The maximum absolute atomic E-state index is 13.3. The number of anilines is 2. The molecule has 1 aliphatic heterocycles. The van der Waals surface area contributed by atoms with E-state index in [0.717, 1.165) is 32.5 Å². The van der Waals surface area contributed by atoms with Crippen LogP contribution in [-0.4, -0.2) is 109 Å². The lowest BCUT2D eigenvalue weighted by molar-refractivity contribution is -0.126. The Morgan fingerprint density at radius 3 is 2.16 bits per heavy atom. The minimum absolute atomic E-state index is 0.107. The second kappa shape index (κ2) is 20.0. The van der Waals surface area contributed by atoms with Crippen molar-refractivity contribution in [3.05, 3.63) is 87.8 Å². The van der Waals surface area contributed by atoms with Gasteiger partial charge in [-0.25, -0.2) is 4.79 Å². The second-order valence-corrected chi connectivity index (χ2v) is 13.1. The lowest BCUT2D eigenvalue weighted by Gasteiger charge is -2.17. The molecule has 17 nitrogen and oxygen atoms in total. The van der Waals surface area contributed by atoms with Crippen molar-refractivity contribution in [2.45, 2.75) is 45.8 Å². The van der Waals surface area contributed by atoms with Crippen molar-refractivity contribution < 1.29 is 33.4 Å². The van der Waals surface area contributed by atoms with Gasteiger partial charge in [-0.3, -0.25) is 24.0 Å². The summed E-state index contributed by atoms with van der Waals surface area (Å²) in [5, 5.41) is 19.1. The van der Waals surface area contributed by atoms with Crippen molar-refractivity contribution in [3.63, 3.8) is 0 Å². The van der Waals surface area contributed by atoms with Crippen LogP contribution in [0.1, 0.15) is 64.7 Å². The van der Waals surface area contributed by atoms with Crippen LogP contribution in [0, 0.1) is 0 Å². The number of nitrogens with zero attached hydrogens (tertiary/aromatic N) is 3. The third-order valence-electron chi connectivity index (χ3n) is 8.87. The fourth-order valence-corrected chi connectivity index (χ4v) is 5.63. The first kappa shape index (κ1) is 41.1. The van der Waals surface area contributed by atoms with Crippen LogP contribution in [0.3, 0.4) is 0 Å². The van der Waals surface area contributed by atoms with Gasteiger partial charge in [0.25, 0.3) is 23.6 Å². The van der Waals surface area contributed by atoms with Gasteiger partial charge in [0.15, 0.2) is 5.78 Å². The number of fused-ring (bicyclic) bond motifs is 1. The molecule has 56 heavy (non-hydrogen) atoms. The number of hydrogen-bond acceptors (Lipinski definition) is 11. The molecule has 6 N–H and O–H groups in total. The number of Topliss-reactive ketones (excluding diaryl/α,β-unsaturated/α-hetero) is 1. The van der Waals surface area contributed by atoms with Gasteiger partial charge in [0.05, 0.1) is 36.5 Å². The summed E-state index contributed by atoms with van der Waals surface area (Å²) in [5.41, 5.74) is 2.11. The fraction of sp³-hybridized carbons (Fsp3) is 0.385. The van der Waals surface area contributed by atoms with Gasteiger partial charge in [0, 0.05) is 41.2 Å². The molecule has 2 atom stereocenters. The molecule has 0 bridgehead atoms. The SMILES string of the molecule is CCN(CC)CCCCNC(=O)c1cc(NC(=O)c2ccc(N=NC(C(C)=O)C(=O)Nc3ccc4[nH]c(=O)[nH]c4c3)cc2)cc(C(=O)NCCOCC2CO2)c1. The minimum Gasteiger partial charge on any atom is -0.377 e. The summed E-state index contributed by atoms with van der Waals surface area (Å²) in [4.78, 5) is 83.9. The number of ether oxygens (including phenoxy) is 2. The zero-order chi connectivity index (χ0) is 40.0. The predicted molar refractivity (Wildman–Crippen MR) is 210 cm³/mol. The van der Waals surface area contributed by atoms with E-state index in [0.29, 0.717) is 36.5 Å². The van der Waals surface area contributed by atoms with Crippen LogP contribution in [0.4, 0.5) is 17.1 Å². The standard InChI is InChI=1S/C39H47N9O8/c1-4-48(5-2)16-7-6-14-40-35(50)26-18-27(36(51)41-15-17-55-22-31-23-56-31)20-30(19-26)43-37(52)25-8-10-28(11-9-25)46-47-34(24(3)49)38(53)42-29-12-13-32-33(21-29)45-39(54)44-32/h8-13,18-21,31,34H,4-7,14-17,22-23H2,1-3H3,(H,40,50)(H,41,51)(H,42,53)(H,43,52)(H2,44,45,54). The number of ketones is 1. The van der Waals surface area contributed by atoms with Gasteiger partial charge in [-0.15, -0.1) is 0 Å². The highest BCUT2D eigenvalue weighted by Gasteiger charge is 2.24. The summed E-state index contributed by atoms with van der Waals surface area (Å²) >= 11 is 0. The molecule has 2 heterocycles. The average molecular weight is 770 g/mol. The Morgan fingerprint density at radius 1 is 0.821 bits per heavy atom. The number of carbonyl (C=O) groups excluding carboxylic acids is 5. The summed E-state index contributed by atoms with van der Waals surface area (Å²) in [7, 11) is 0. The molecule has 0 spiro atoms. The molecule has 17 heteroatoms. The van der Waals surface area contributed by atoms with Gasteiger partial charge in [0.2, 0.25) is 6.04 Å². The monoisotopic (exact) mass is 769 g/mol. The Hall–Kier alpha value is -6.04. The van der Waals surface area contributed by atoms with Crippen LogP contribution in [0.5, 0.6) is 0 Å². The first-order valence-corrected chi connectivity index (χ1v) is 18.5. The predicted octanol–water partition coefficient (Wildman–Crippen LogP) is 3.79. The summed E-state index contributed by atoms with van der Waals surface area (Å²) < 4.78 is 10.6. The zero-order valence-corrected chi connectivity index (χ0v) is 31.6. The van der Waals surface area contributed by atoms with E-state index in [1.165, 1.54) is 49.4 Å². The smallest absolute Gasteiger partial charge is 0.323 e. The number of imidazole rings is 1.